The van der Waals surface area contributed by atoms with Gasteiger partial charge >= 0.3 is 0 Å². The first-order valence-corrected chi connectivity index (χ1v) is 8.62. The van der Waals surface area contributed by atoms with Gasteiger partial charge in [-0.2, -0.15) is 0 Å². The highest BCUT2D eigenvalue weighted by molar-refractivity contribution is 9.10. The maximum Gasteiger partial charge on any atom is 0.265 e. The molecule has 5 heteroatoms. The van der Waals surface area contributed by atoms with Crippen LogP contribution in [0.5, 0.6) is 0 Å². The molecule has 1 aromatic carbocycles. The molecule has 110 valence electrons. The van der Waals surface area contributed by atoms with Crippen molar-refractivity contribution in [3.63, 3.8) is 0 Å². The molecule has 2 nitrogen and oxygen atoms in total. The fourth-order valence-electron chi connectivity index (χ4n) is 2.55. The van der Waals surface area contributed by atoms with Gasteiger partial charge < -0.3 is 5.32 Å². The highest BCUT2D eigenvalue weighted by Gasteiger charge is 2.17. The van der Waals surface area contributed by atoms with Gasteiger partial charge in [-0.3, -0.25) is 4.79 Å². The number of carbonyl (C=O) groups excluding carboxylic acids is 1. The number of nitrogens with one attached hydrogen (secondary N) is 1. The van der Waals surface area contributed by atoms with Crippen molar-refractivity contribution in [3.8, 4) is 0 Å². The zero-order chi connectivity index (χ0) is 14.8. The molecule has 0 bridgehead atoms. The van der Waals surface area contributed by atoms with Crippen LogP contribution in [0.4, 0.5) is 10.1 Å². The van der Waals surface area contributed by atoms with Gasteiger partial charge in [0.15, 0.2) is 0 Å². The molecule has 21 heavy (non-hydrogen) atoms. The van der Waals surface area contributed by atoms with E-state index in [-0.39, 0.29) is 11.7 Å². The summed E-state index contributed by atoms with van der Waals surface area (Å²) < 4.78 is 13.6. The third-order valence-electron chi connectivity index (χ3n) is 3.65. The number of fused-ring (bicyclic) bond motifs is 1. The maximum absolute atomic E-state index is 13.1. The second-order valence-electron chi connectivity index (χ2n) is 5.20. The van der Waals surface area contributed by atoms with Crippen LogP contribution in [0.15, 0.2) is 28.7 Å². The fraction of sp³-hybridized carbons (Fsp3) is 0.312. The van der Waals surface area contributed by atoms with Crippen molar-refractivity contribution < 1.29 is 9.18 Å². The van der Waals surface area contributed by atoms with Crippen LogP contribution < -0.4 is 5.32 Å². The van der Waals surface area contributed by atoms with Gasteiger partial charge in [0, 0.05) is 9.35 Å². The average Bonchev–Trinajstić information content (AvgIpc) is 2.73. The number of aryl methyl sites for hydroxylation is 2. The molecule has 0 saturated heterocycles. The summed E-state index contributed by atoms with van der Waals surface area (Å²) in [6.45, 7) is 0. The Morgan fingerprint density at radius 1 is 1.19 bits per heavy atom. The van der Waals surface area contributed by atoms with E-state index in [1.54, 1.807) is 17.4 Å². The first kappa shape index (κ1) is 14.7. The smallest absolute Gasteiger partial charge is 0.265 e. The van der Waals surface area contributed by atoms with E-state index in [4.69, 9.17) is 0 Å². The number of rotatable bonds is 2. The lowest BCUT2D eigenvalue weighted by atomic mass is 10.1. The van der Waals surface area contributed by atoms with Crippen LogP contribution in [0.3, 0.4) is 0 Å². The second kappa shape index (κ2) is 6.28. The van der Waals surface area contributed by atoms with Crippen LogP contribution in [0.25, 0.3) is 0 Å². The Morgan fingerprint density at radius 3 is 2.81 bits per heavy atom. The van der Waals surface area contributed by atoms with E-state index in [1.165, 1.54) is 41.8 Å². The van der Waals surface area contributed by atoms with Crippen LogP contribution in [0, 0.1) is 5.82 Å². The van der Waals surface area contributed by atoms with E-state index in [1.807, 2.05) is 6.07 Å². The van der Waals surface area contributed by atoms with Crippen molar-refractivity contribution in [2.75, 3.05) is 5.32 Å². The quantitative estimate of drug-likeness (QED) is 0.728. The highest BCUT2D eigenvalue weighted by atomic mass is 79.9. The van der Waals surface area contributed by atoms with E-state index in [9.17, 15) is 9.18 Å². The number of amides is 1. The lowest BCUT2D eigenvalue weighted by molar-refractivity contribution is 0.103. The molecule has 2 aromatic rings. The molecule has 0 atom stereocenters. The highest BCUT2D eigenvalue weighted by Crippen LogP contribution is 2.30. The molecule has 3 rings (SSSR count). The van der Waals surface area contributed by atoms with Gasteiger partial charge in [-0.05, 0) is 71.4 Å². The van der Waals surface area contributed by atoms with Gasteiger partial charge in [0.05, 0.1) is 10.6 Å². The summed E-state index contributed by atoms with van der Waals surface area (Å²) in [4.78, 5) is 14.4. The van der Waals surface area contributed by atoms with Gasteiger partial charge in [-0.25, -0.2) is 4.39 Å². The van der Waals surface area contributed by atoms with Crippen molar-refractivity contribution in [1.29, 1.82) is 0 Å². The summed E-state index contributed by atoms with van der Waals surface area (Å²) in [5.41, 5.74) is 1.91. The van der Waals surface area contributed by atoms with Gasteiger partial charge in [0.25, 0.3) is 5.91 Å². The molecule has 1 aliphatic rings. The summed E-state index contributed by atoms with van der Waals surface area (Å²) in [6.07, 6.45) is 5.82. The molecule has 0 fully saturated rings. The predicted molar refractivity (Wildman–Crippen MR) is 87.6 cm³/mol. The van der Waals surface area contributed by atoms with Crippen LogP contribution in [-0.2, 0) is 12.8 Å². The Labute approximate surface area is 135 Å². The Balaban J connectivity index is 1.79. The van der Waals surface area contributed by atoms with Crippen molar-refractivity contribution >= 4 is 38.9 Å². The average molecular weight is 368 g/mol. The molecule has 1 aliphatic carbocycles. The Bertz CT molecular complexity index is 659. The van der Waals surface area contributed by atoms with Crippen LogP contribution >= 0.6 is 27.3 Å². The number of benzene rings is 1. The zero-order valence-corrected chi connectivity index (χ0v) is 13.8. The minimum atomic E-state index is -0.331. The van der Waals surface area contributed by atoms with Gasteiger partial charge in [0.2, 0.25) is 0 Å². The van der Waals surface area contributed by atoms with E-state index in [2.05, 4.69) is 21.2 Å². The van der Waals surface area contributed by atoms with Gasteiger partial charge in [-0.1, -0.05) is 6.42 Å². The molecule has 0 radical (unpaired) electrons. The molecule has 1 N–H and O–H groups in total. The van der Waals surface area contributed by atoms with E-state index in [0.29, 0.717) is 10.2 Å². The molecule has 0 spiro atoms. The number of halogens is 2. The Morgan fingerprint density at radius 2 is 2.00 bits per heavy atom. The number of hydrogen-bond acceptors (Lipinski definition) is 2. The van der Waals surface area contributed by atoms with Crippen LogP contribution in [-0.4, -0.2) is 5.91 Å². The molecule has 0 unspecified atom stereocenters. The van der Waals surface area contributed by atoms with Crippen LogP contribution in [0.2, 0.25) is 0 Å². The van der Waals surface area contributed by atoms with Crippen molar-refractivity contribution in [2.45, 2.75) is 32.1 Å². The minimum Gasteiger partial charge on any atom is -0.320 e. The third kappa shape index (κ3) is 3.35. The summed E-state index contributed by atoms with van der Waals surface area (Å²) in [5.74, 6) is -0.455. The largest absolute Gasteiger partial charge is 0.320 e. The normalized spacial score (nSPS) is 14.4. The second-order valence-corrected chi connectivity index (χ2v) is 7.19. The fourth-order valence-corrected chi connectivity index (χ4v) is 4.15. The SMILES string of the molecule is O=C(Nc1ccc(F)cc1Br)c1cc2c(s1)CCCCC2. The predicted octanol–water partition coefficient (Wildman–Crippen LogP) is 5.17. The third-order valence-corrected chi connectivity index (χ3v) is 5.54. The van der Waals surface area contributed by atoms with Crippen LogP contribution in [0.1, 0.15) is 39.4 Å². The first-order valence-electron chi connectivity index (χ1n) is 7.01. The minimum absolute atomic E-state index is 0.125. The number of carbonyl (C=O) groups is 1. The Kier molecular flexibility index (Phi) is 4.40. The van der Waals surface area contributed by atoms with E-state index < -0.39 is 0 Å². The molecule has 1 aromatic heterocycles. The van der Waals surface area contributed by atoms with Crippen molar-refractivity contribution in [2.24, 2.45) is 0 Å². The molecular formula is C16H15BrFNOS. The Hall–Kier alpha value is -1.20. The molecule has 1 heterocycles. The summed E-state index contributed by atoms with van der Waals surface area (Å²) in [6, 6.07) is 6.26. The lowest BCUT2D eigenvalue weighted by Crippen LogP contribution is -2.10. The van der Waals surface area contributed by atoms with Crippen molar-refractivity contribution in [3.05, 3.63) is 49.9 Å². The summed E-state index contributed by atoms with van der Waals surface area (Å²) >= 11 is 4.85. The summed E-state index contributed by atoms with van der Waals surface area (Å²) in [7, 11) is 0. The first-order chi connectivity index (χ1) is 10.1. The maximum atomic E-state index is 13.1. The number of thiophene rings is 1. The lowest BCUT2D eigenvalue weighted by Gasteiger charge is -2.06. The standard InChI is InChI=1S/C16H15BrFNOS/c17-12-9-11(18)6-7-13(12)19-16(20)15-8-10-4-2-1-3-5-14(10)21-15/h6-9H,1-5H2,(H,19,20). The topological polar surface area (TPSA) is 29.1 Å². The van der Waals surface area contributed by atoms with E-state index >= 15 is 0 Å². The van der Waals surface area contributed by atoms with Crippen molar-refractivity contribution in [1.82, 2.24) is 0 Å². The van der Waals surface area contributed by atoms with Gasteiger partial charge in [0.1, 0.15) is 5.82 Å². The van der Waals surface area contributed by atoms with Gasteiger partial charge in [-0.15, -0.1) is 11.3 Å². The monoisotopic (exact) mass is 367 g/mol. The van der Waals surface area contributed by atoms with E-state index in [0.717, 1.165) is 17.7 Å². The molecular weight excluding hydrogens is 353 g/mol. The molecule has 0 saturated carbocycles. The number of hydrogen-bond donors (Lipinski definition) is 1. The number of anilines is 1. The summed E-state index contributed by atoms with van der Waals surface area (Å²) in [5, 5.41) is 2.84. The molecule has 0 aliphatic heterocycles. The zero-order valence-electron chi connectivity index (χ0n) is 11.4. The molecule has 1 amide bonds.